The second-order valence-corrected chi connectivity index (χ2v) is 5.98. The van der Waals surface area contributed by atoms with Gasteiger partial charge in [0, 0.05) is 18.5 Å². The van der Waals surface area contributed by atoms with E-state index in [0.717, 1.165) is 39.1 Å². The summed E-state index contributed by atoms with van der Waals surface area (Å²) < 4.78 is 0. The van der Waals surface area contributed by atoms with Gasteiger partial charge in [-0.15, -0.1) is 0 Å². The van der Waals surface area contributed by atoms with Crippen LogP contribution in [0.25, 0.3) is 10.9 Å². The lowest BCUT2D eigenvalue weighted by Crippen LogP contribution is -2.89. The normalized spacial score (nSPS) is 14.8. The summed E-state index contributed by atoms with van der Waals surface area (Å²) in [5.74, 6) is 0.552. The number of hydrogen-bond donors (Lipinski definition) is 4. The second kappa shape index (κ2) is 7.41. The third kappa shape index (κ3) is 3.72. The number of amides is 1. The Hall–Kier alpha value is -2.45. The zero-order valence-corrected chi connectivity index (χ0v) is 13.7. The number of benzene rings is 1. The largest absolute Gasteiger partial charge is 0.358 e. The fraction of sp³-hybridized carbons (Fsp3) is 0.438. The molecule has 0 saturated carbocycles. The van der Waals surface area contributed by atoms with Crippen LogP contribution in [0.3, 0.4) is 0 Å². The van der Waals surface area contributed by atoms with E-state index in [2.05, 4.69) is 31.2 Å². The van der Waals surface area contributed by atoms with Crippen molar-refractivity contribution >= 4 is 28.4 Å². The van der Waals surface area contributed by atoms with Crippen molar-refractivity contribution in [1.82, 2.24) is 9.97 Å². The maximum Gasteiger partial charge on any atom is 0.260 e. The maximum atomic E-state index is 12.4. The second-order valence-electron chi connectivity index (χ2n) is 5.98. The van der Waals surface area contributed by atoms with Crippen molar-refractivity contribution in [2.24, 2.45) is 0 Å². The van der Waals surface area contributed by atoms with Crippen molar-refractivity contribution in [2.45, 2.75) is 12.8 Å². The average molecular weight is 332 g/mol. The molecular weight excluding hydrogens is 308 g/mol. The highest BCUT2D eigenvalue weighted by molar-refractivity contribution is 5.93. The predicted molar refractivity (Wildman–Crippen MR) is 91.9 cm³/mol. The smallest absolute Gasteiger partial charge is 0.260 e. The maximum absolute atomic E-state index is 12.4. The Kier molecular flexibility index (Phi) is 5.07. The number of nitrogens with two attached hydrogens (primary N) is 1. The average Bonchev–Trinajstić information content (AvgIpc) is 2.61. The lowest BCUT2D eigenvalue weighted by atomic mass is 10.2. The molecule has 1 aromatic heterocycles. The monoisotopic (exact) mass is 332 g/mol. The minimum atomic E-state index is -0.182. The van der Waals surface area contributed by atoms with Crippen LogP contribution >= 0.6 is 0 Å². The van der Waals surface area contributed by atoms with Gasteiger partial charge in [0.15, 0.2) is 0 Å². The van der Waals surface area contributed by atoms with Crippen LogP contribution in [0.15, 0.2) is 23.0 Å². The summed E-state index contributed by atoms with van der Waals surface area (Å²) in [5.41, 5.74) is 4.80. The van der Waals surface area contributed by atoms with Gasteiger partial charge in [-0.05, 0) is 18.2 Å². The molecule has 2 aromatic rings. The first-order valence-electron chi connectivity index (χ1n) is 8.37. The van der Waals surface area contributed by atoms with Crippen LogP contribution in [-0.4, -0.2) is 48.6 Å². The summed E-state index contributed by atoms with van der Waals surface area (Å²) in [7, 11) is 0. The number of nitrogens with zero attached hydrogens (tertiary/aromatic N) is 2. The molecule has 2 heterocycles. The molecule has 1 aromatic carbocycles. The number of aromatic nitrogens is 2. The van der Waals surface area contributed by atoms with Gasteiger partial charge in [-0.25, -0.2) is 4.98 Å². The summed E-state index contributed by atoms with van der Waals surface area (Å²) in [6.07, 6.45) is 1.18. The Morgan fingerprint density at radius 3 is 2.92 bits per heavy atom. The number of piperazine rings is 1. The molecule has 0 unspecified atom stereocenters. The highest BCUT2D eigenvalue weighted by Crippen LogP contribution is 2.17. The first kappa shape index (κ1) is 16.4. The molecule has 8 nitrogen and oxygen atoms in total. The van der Waals surface area contributed by atoms with E-state index >= 15 is 0 Å². The van der Waals surface area contributed by atoms with Crippen LogP contribution in [0.2, 0.25) is 0 Å². The van der Waals surface area contributed by atoms with Gasteiger partial charge >= 0.3 is 0 Å². The van der Waals surface area contributed by atoms with E-state index in [9.17, 15) is 9.59 Å². The molecule has 0 aliphatic carbocycles. The van der Waals surface area contributed by atoms with Crippen molar-refractivity contribution in [3.8, 4) is 0 Å². The quantitative estimate of drug-likeness (QED) is 0.519. The van der Waals surface area contributed by atoms with Crippen molar-refractivity contribution in [2.75, 3.05) is 42.9 Å². The van der Waals surface area contributed by atoms with Gasteiger partial charge in [0.1, 0.15) is 0 Å². The first-order chi connectivity index (χ1) is 11.7. The molecule has 1 aliphatic heterocycles. The summed E-state index contributed by atoms with van der Waals surface area (Å²) in [5, 5.41) is 5.55. The summed E-state index contributed by atoms with van der Waals surface area (Å²) in [4.78, 5) is 33.7. The molecule has 7 N–H and O–H groups in total. The van der Waals surface area contributed by atoms with Crippen molar-refractivity contribution in [3.05, 3.63) is 28.6 Å². The summed E-state index contributed by atoms with van der Waals surface area (Å²) >= 11 is 0. The molecule has 0 bridgehead atoms. The lowest BCUT2D eigenvalue weighted by molar-refractivity contribution is -0.655. The Balaban J connectivity index is 1.84. The van der Waals surface area contributed by atoms with E-state index < -0.39 is 0 Å². The van der Waals surface area contributed by atoms with Gasteiger partial charge in [0.2, 0.25) is 11.9 Å². The van der Waals surface area contributed by atoms with E-state index in [1.807, 2.05) is 0 Å². The number of quaternary nitrogens is 2. The zero-order valence-electron chi connectivity index (χ0n) is 13.7. The number of hydrogen-bond acceptors (Lipinski definition) is 4. The molecule has 1 saturated heterocycles. The van der Waals surface area contributed by atoms with Gasteiger partial charge in [-0.3, -0.25) is 14.6 Å². The number of H-pyrrole nitrogens is 1. The highest BCUT2D eigenvalue weighted by Gasteiger charge is 2.16. The fourth-order valence-corrected chi connectivity index (χ4v) is 2.83. The first-order valence-corrected chi connectivity index (χ1v) is 8.37. The molecule has 24 heavy (non-hydrogen) atoms. The number of carbonyl (C=O) groups excluding carboxylic acids is 1. The molecule has 3 rings (SSSR count). The van der Waals surface area contributed by atoms with Gasteiger partial charge in [0.25, 0.3) is 5.56 Å². The Labute approximate surface area is 139 Å². The molecule has 0 radical (unpaired) electrons. The molecule has 1 fully saturated rings. The molecular formula is C16H24N6O2+2. The standard InChI is InChI=1S/C16H22N6O2/c17-5-1-2-14(23)19-11-3-4-13-12(10-11)15(24)21-16(20-13)22-8-6-18-7-9-22/h3-4,10,18H,1-2,5-9,17H2,(H,19,23)(H,20,21,24)/p+2. The third-order valence-corrected chi connectivity index (χ3v) is 4.14. The zero-order chi connectivity index (χ0) is 16.9. The minimum absolute atomic E-state index is 0.0661. The molecule has 1 aliphatic rings. The van der Waals surface area contributed by atoms with E-state index in [0.29, 0.717) is 29.0 Å². The van der Waals surface area contributed by atoms with Crippen LogP contribution in [0.1, 0.15) is 12.8 Å². The number of aromatic amines is 1. The Morgan fingerprint density at radius 2 is 2.17 bits per heavy atom. The van der Waals surface area contributed by atoms with E-state index in [1.54, 1.807) is 18.2 Å². The lowest BCUT2D eigenvalue weighted by Gasteiger charge is -2.25. The van der Waals surface area contributed by atoms with Gasteiger partial charge < -0.3 is 21.3 Å². The Bertz CT molecular complexity index is 782. The number of fused-ring (bicyclic) bond motifs is 1. The number of rotatable bonds is 5. The predicted octanol–water partition coefficient (Wildman–Crippen LogP) is -1.73. The van der Waals surface area contributed by atoms with Crippen LogP contribution in [0, 0.1) is 0 Å². The molecule has 8 heteroatoms. The van der Waals surface area contributed by atoms with E-state index in [1.165, 1.54) is 0 Å². The van der Waals surface area contributed by atoms with Crippen molar-refractivity contribution in [1.29, 1.82) is 0 Å². The Morgan fingerprint density at radius 1 is 1.38 bits per heavy atom. The van der Waals surface area contributed by atoms with Gasteiger partial charge in [-0.2, -0.15) is 0 Å². The number of anilines is 2. The number of nitrogens with one attached hydrogen (secondary N) is 2. The van der Waals surface area contributed by atoms with Crippen LogP contribution < -0.4 is 26.8 Å². The summed E-state index contributed by atoms with van der Waals surface area (Å²) in [6, 6.07) is 5.24. The van der Waals surface area contributed by atoms with Crippen LogP contribution in [-0.2, 0) is 4.79 Å². The minimum Gasteiger partial charge on any atom is -0.358 e. The number of carbonyl (C=O) groups is 1. The SMILES string of the molecule is [NH3+]CCCC(=O)Nc1ccc2nc(N3CC[NH2+]CC3)[nH]c(=O)c2c1. The van der Waals surface area contributed by atoms with Gasteiger partial charge in [-0.1, -0.05) is 0 Å². The topological polar surface area (TPSA) is 122 Å². The van der Waals surface area contributed by atoms with Crippen LogP contribution in [0.5, 0.6) is 0 Å². The molecule has 0 spiro atoms. The fourth-order valence-electron chi connectivity index (χ4n) is 2.83. The third-order valence-electron chi connectivity index (χ3n) is 4.14. The van der Waals surface area contributed by atoms with E-state index in [4.69, 9.17) is 0 Å². The van der Waals surface area contributed by atoms with E-state index in [-0.39, 0.29) is 11.5 Å². The molecule has 1 amide bonds. The molecule has 0 atom stereocenters. The van der Waals surface area contributed by atoms with Crippen LogP contribution in [0.4, 0.5) is 11.6 Å². The van der Waals surface area contributed by atoms with Crippen molar-refractivity contribution in [3.63, 3.8) is 0 Å². The highest BCUT2D eigenvalue weighted by atomic mass is 16.1. The van der Waals surface area contributed by atoms with Gasteiger partial charge in [0.05, 0.1) is 43.6 Å². The van der Waals surface area contributed by atoms with Crippen molar-refractivity contribution < 1.29 is 15.8 Å². The molecule has 128 valence electrons. The summed E-state index contributed by atoms with van der Waals surface area (Å²) in [6.45, 7) is 4.47.